The van der Waals surface area contributed by atoms with E-state index in [1.165, 1.54) is 0 Å². The van der Waals surface area contributed by atoms with Gasteiger partial charge in [0.2, 0.25) is 5.91 Å². The van der Waals surface area contributed by atoms with Gasteiger partial charge in [0.25, 0.3) is 0 Å². The van der Waals surface area contributed by atoms with Crippen LogP contribution in [0.3, 0.4) is 0 Å². The Kier molecular flexibility index (Phi) is 12.0. The van der Waals surface area contributed by atoms with Crippen LogP contribution in [0, 0.1) is 18.3 Å². The molecule has 5 rings (SSSR count). The first-order chi connectivity index (χ1) is 23.5. The van der Waals surface area contributed by atoms with Crippen molar-refractivity contribution in [2.45, 2.75) is 71.8 Å². The summed E-state index contributed by atoms with van der Waals surface area (Å²) in [6, 6.07) is 23.0. The highest BCUT2D eigenvalue weighted by Crippen LogP contribution is 2.46. The zero-order valence-electron chi connectivity index (χ0n) is 28.9. The molecule has 1 aliphatic heterocycles. The summed E-state index contributed by atoms with van der Waals surface area (Å²) in [6.07, 6.45) is 1.50. The third kappa shape index (κ3) is 10.5. The van der Waals surface area contributed by atoms with Gasteiger partial charge < -0.3 is 34.3 Å². The normalized spacial score (nSPS) is 17.1. The van der Waals surface area contributed by atoms with Crippen molar-refractivity contribution in [1.82, 2.24) is 10.6 Å². The fourth-order valence-electron chi connectivity index (χ4n) is 5.29. The van der Waals surface area contributed by atoms with Crippen molar-refractivity contribution in [3.8, 4) is 11.5 Å². The summed E-state index contributed by atoms with van der Waals surface area (Å²) >= 11 is 0. The van der Waals surface area contributed by atoms with Gasteiger partial charge in [0.1, 0.15) is 25.9 Å². The molecular formula is C39H48N2O8. The van der Waals surface area contributed by atoms with E-state index in [-0.39, 0.29) is 37.6 Å². The van der Waals surface area contributed by atoms with Gasteiger partial charge in [-0.25, -0.2) is 4.79 Å². The van der Waals surface area contributed by atoms with Crippen molar-refractivity contribution in [2.75, 3.05) is 32.9 Å². The summed E-state index contributed by atoms with van der Waals surface area (Å²) in [5.74, 6) is -0.129. The van der Waals surface area contributed by atoms with Crippen molar-refractivity contribution in [2.24, 2.45) is 11.3 Å². The molecule has 3 aromatic carbocycles. The smallest absolute Gasteiger partial charge is 0.338 e. The minimum Gasteiger partial charge on any atom is -0.485 e. The van der Waals surface area contributed by atoms with Gasteiger partial charge in [-0.15, -0.1) is 0 Å². The molecule has 10 heteroatoms. The lowest BCUT2D eigenvalue weighted by atomic mass is 10.0. The predicted octanol–water partition coefficient (Wildman–Crippen LogP) is 5.54. The maximum Gasteiger partial charge on any atom is 0.338 e. The van der Waals surface area contributed by atoms with Gasteiger partial charge in [0, 0.05) is 25.2 Å². The number of aryl methyl sites for hydroxylation is 1. The molecule has 0 aromatic heterocycles. The number of esters is 2. The van der Waals surface area contributed by atoms with Crippen molar-refractivity contribution in [3.63, 3.8) is 0 Å². The number of nitrogens with one attached hydrogen (secondary N) is 2. The summed E-state index contributed by atoms with van der Waals surface area (Å²) in [5.41, 5.74) is 1.91. The molecule has 1 heterocycles. The summed E-state index contributed by atoms with van der Waals surface area (Å²) in [7, 11) is 0. The van der Waals surface area contributed by atoms with Gasteiger partial charge in [-0.2, -0.15) is 0 Å². The largest absolute Gasteiger partial charge is 0.485 e. The van der Waals surface area contributed by atoms with E-state index in [0.717, 1.165) is 24.0 Å². The fraction of sp³-hybridized carbons (Fsp3) is 0.462. The molecule has 1 amide bonds. The number of amides is 1. The summed E-state index contributed by atoms with van der Waals surface area (Å²) in [4.78, 5) is 39.0. The average molecular weight is 673 g/mol. The lowest BCUT2D eigenvalue weighted by Crippen LogP contribution is -2.53. The highest BCUT2D eigenvalue weighted by molar-refractivity contribution is 5.92. The van der Waals surface area contributed by atoms with Gasteiger partial charge in [-0.3, -0.25) is 9.59 Å². The van der Waals surface area contributed by atoms with E-state index >= 15 is 0 Å². The molecule has 10 nitrogen and oxygen atoms in total. The lowest BCUT2D eigenvalue weighted by Gasteiger charge is -2.30. The van der Waals surface area contributed by atoms with Gasteiger partial charge in [-0.1, -0.05) is 60.7 Å². The predicted molar refractivity (Wildman–Crippen MR) is 184 cm³/mol. The number of hydrogen-bond acceptors (Lipinski definition) is 9. The Morgan fingerprint density at radius 3 is 2.12 bits per heavy atom. The second kappa shape index (κ2) is 16.3. The van der Waals surface area contributed by atoms with Crippen LogP contribution >= 0.6 is 0 Å². The second-order valence-corrected chi connectivity index (χ2v) is 13.9. The molecule has 1 aliphatic carbocycles. The maximum absolute atomic E-state index is 13.5. The highest BCUT2D eigenvalue weighted by Gasteiger charge is 2.47. The Morgan fingerprint density at radius 1 is 0.939 bits per heavy atom. The minimum absolute atomic E-state index is 0.0371. The molecule has 1 saturated carbocycles. The zero-order chi connectivity index (χ0) is 34.9. The topological polar surface area (TPSA) is 121 Å². The highest BCUT2D eigenvalue weighted by atomic mass is 16.6. The number of ether oxygens (including phenoxy) is 5. The molecule has 2 fully saturated rings. The molecule has 49 heavy (non-hydrogen) atoms. The SMILES string of the molecule is Cc1cc(OCc2ccccc2)c(OCc2ccccc2)cc1C(=O)OCC(CNC(C)(C)CNC(=O)C1CCOC1)OC(=O)C1(C)CC1. The number of benzene rings is 3. The molecule has 1 saturated heterocycles. The quantitative estimate of drug-likeness (QED) is 0.178. The van der Waals surface area contributed by atoms with Crippen LogP contribution in [0.25, 0.3) is 0 Å². The van der Waals surface area contributed by atoms with Crippen LogP contribution < -0.4 is 20.1 Å². The van der Waals surface area contributed by atoms with E-state index in [0.29, 0.717) is 55.4 Å². The van der Waals surface area contributed by atoms with Crippen LogP contribution in [0.4, 0.5) is 0 Å². The third-order valence-corrected chi connectivity index (χ3v) is 8.97. The van der Waals surface area contributed by atoms with Crippen LogP contribution in [-0.4, -0.2) is 62.4 Å². The second-order valence-electron chi connectivity index (χ2n) is 13.9. The van der Waals surface area contributed by atoms with Crippen molar-refractivity contribution in [3.05, 3.63) is 95.1 Å². The standard InChI is InChI=1S/C39H48N2O8/c1-27-19-33(46-22-28-11-7-5-8-12-28)34(47-23-29-13-9-6-10-14-29)20-32(27)36(43)48-25-31(49-37(44)39(4)16-17-39)21-41-38(2,3)26-40-35(42)30-15-18-45-24-30/h5-14,19-20,30-31,41H,15-18,21-26H2,1-4H3,(H,40,42). The van der Waals surface area contributed by atoms with Crippen molar-refractivity contribution in [1.29, 1.82) is 0 Å². The van der Waals surface area contributed by atoms with E-state index in [4.69, 9.17) is 23.7 Å². The Morgan fingerprint density at radius 2 is 1.55 bits per heavy atom. The molecule has 2 unspecified atom stereocenters. The van der Waals surface area contributed by atoms with Gasteiger partial charge in [-0.05, 0) is 75.8 Å². The Hall–Kier alpha value is -4.41. The molecule has 2 aliphatic rings. The maximum atomic E-state index is 13.5. The molecule has 0 bridgehead atoms. The first kappa shape index (κ1) is 35.9. The van der Waals surface area contributed by atoms with E-state index < -0.39 is 23.0 Å². The average Bonchev–Trinajstić information content (AvgIpc) is 3.62. The fourth-order valence-corrected chi connectivity index (χ4v) is 5.29. The lowest BCUT2D eigenvalue weighted by molar-refractivity contribution is -0.157. The van der Waals surface area contributed by atoms with Crippen LogP contribution in [0.1, 0.15) is 67.1 Å². The number of rotatable bonds is 17. The van der Waals surface area contributed by atoms with E-state index in [9.17, 15) is 14.4 Å². The van der Waals surface area contributed by atoms with Crippen LogP contribution in [0.15, 0.2) is 72.8 Å². The number of carbonyl (C=O) groups is 3. The van der Waals surface area contributed by atoms with Crippen LogP contribution in [-0.2, 0) is 37.0 Å². The molecule has 2 N–H and O–H groups in total. The van der Waals surface area contributed by atoms with Crippen molar-refractivity contribution >= 4 is 17.8 Å². The Balaban J connectivity index is 1.25. The Bertz CT molecular complexity index is 1570. The van der Waals surface area contributed by atoms with Gasteiger partial charge in [0.15, 0.2) is 11.5 Å². The van der Waals surface area contributed by atoms with E-state index in [1.54, 1.807) is 12.1 Å². The minimum atomic E-state index is -0.741. The first-order valence-corrected chi connectivity index (χ1v) is 17.0. The Labute approximate surface area is 288 Å². The first-order valence-electron chi connectivity index (χ1n) is 17.0. The third-order valence-electron chi connectivity index (χ3n) is 8.97. The van der Waals surface area contributed by atoms with Gasteiger partial charge >= 0.3 is 11.9 Å². The molecule has 0 radical (unpaired) electrons. The van der Waals surface area contributed by atoms with Crippen LogP contribution in [0.2, 0.25) is 0 Å². The van der Waals surface area contributed by atoms with E-state index in [1.807, 2.05) is 88.4 Å². The summed E-state index contributed by atoms with van der Waals surface area (Å²) in [6.45, 7) is 9.68. The summed E-state index contributed by atoms with van der Waals surface area (Å²) < 4.78 is 29.3. The zero-order valence-corrected chi connectivity index (χ0v) is 28.9. The van der Waals surface area contributed by atoms with E-state index in [2.05, 4.69) is 10.6 Å². The molecule has 2 atom stereocenters. The number of hydrogen-bond donors (Lipinski definition) is 2. The molecular weight excluding hydrogens is 624 g/mol. The molecule has 262 valence electrons. The summed E-state index contributed by atoms with van der Waals surface area (Å²) in [5, 5.41) is 6.38. The van der Waals surface area contributed by atoms with Crippen molar-refractivity contribution < 1.29 is 38.1 Å². The molecule has 3 aromatic rings. The monoisotopic (exact) mass is 672 g/mol. The number of carbonyl (C=O) groups excluding carboxylic acids is 3. The van der Waals surface area contributed by atoms with Gasteiger partial charge in [0.05, 0.1) is 23.5 Å². The molecule has 0 spiro atoms. The van der Waals surface area contributed by atoms with Crippen LogP contribution in [0.5, 0.6) is 11.5 Å².